The summed E-state index contributed by atoms with van der Waals surface area (Å²) in [7, 11) is 7.64. The number of methoxy groups -OCH3 is 6. The van der Waals surface area contributed by atoms with Crippen molar-refractivity contribution in [2.45, 2.75) is 135 Å². The summed E-state index contributed by atoms with van der Waals surface area (Å²) in [5.74, 6) is -1.69. The molecule has 0 aliphatic heterocycles. The molecule has 6 unspecified atom stereocenters. The van der Waals surface area contributed by atoms with Gasteiger partial charge in [0.05, 0.1) is 48.6 Å². The minimum absolute atomic E-state index is 0.0229. The lowest BCUT2D eigenvalue weighted by Gasteiger charge is -2.60. The van der Waals surface area contributed by atoms with Gasteiger partial charge in [0.15, 0.2) is 0 Å². The van der Waals surface area contributed by atoms with Crippen LogP contribution >= 0.6 is 0 Å². The number of Topliss-reactive ketones (excluding diaryl/α,β-unsaturated/α-hetero) is 2. The molecule has 6 saturated carbocycles. The summed E-state index contributed by atoms with van der Waals surface area (Å²) in [4.78, 5) is 99.4. The first kappa shape index (κ1) is 51.5. The van der Waals surface area contributed by atoms with Gasteiger partial charge in [0.25, 0.3) is 0 Å². The van der Waals surface area contributed by atoms with E-state index in [-0.39, 0.29) is 65.3 Å². The number of rotatable bonds is 6. The lowest BCUT2D eigenvalue weighted by Crippen LogP contribution is -2.61. The van der Waals surface area contributed by atoms with E-state index in [1.165, 1.54) is 42.7 Å². The summed E-state index contributed by atoms with van der Waals surface area (Å²) >= 11 is 0. The first-order valence-corrected chi connectivity index (χ1v) is 24.0. The molecule has 0 spiro atoms. The molecule has 0 radical (unpaired) electrons. The third kappa shape index (κ3) is 9.15. The monoisotopic (exact) mass is 972 g/mol. The van der Waals surface area contributed by atoms with Gasteiger partial charge in [-0.3, -0.25) is 14.4 Å². The van der Waals surface area contributed by atoms with Crippen molar-refractivity contribution in [2.24, 2.45) is 63.1 Å². The van der Waals surface area contributed by atoms with E-state index < -0.39 is 76.7 Å². The van der Waals surface area contributed by atoms with Crippen LogP contribution in [0.4, 0.5) is 24.0 Å². The number of carbonyl (C=O) groups is 8. The number of esters is 1. The van der Waals surface area contributed by atoms with Gasteiger partial charge < -0.3 is 52.1 Å². The molecule has 0 bridgehead atoms. The molecule has 382 valence electrons. The fourth-order valence-electron chi connectivity index (χ4n) is 14.7. The molecule has 19 heteroatoms. The Kier molecular flexibility index (Phi) is 14.8. The van der Waals surface area contributed by atoms with Gasteiger partial charge in [-0.1, -0.05) is 44.9 Å². The van der Waals surface area contributed by atoms with E-state index >= 15 is 0 Å². The molecule has 0 aromatic heterocycles. The summed E-state index contributed by atoms with van der Waals surface area (Å²) in [5.41, 5.74) is -0.280. The van der Waals surface area contributed by atoms with Crippen molar-refractivity contribution >= 4 is 48.3 Å². The molecule has 69 heavy (non-hydrogen) atoms. The molecule has 19 nitrogen and oxygen atoms in total. The van der Waals surface area contributed by atoms with Gasteiger partial charge in [-0.05, 0) is 86.0 Å². The molecule has 8 rings (SSSR count). The lowest BCUT2D eigenvalue weighted by molar-refractivity contribution is -0.168. The molecule has 8 aliphatic carbocycles. The average Bonchev–Trinajstić information content (AvgIpc) is 3.80. The maximum Gasteiger partial charge on any atom is 0.508 e. The molecule has 0 saturated heterocycles. The van der Waals surface area contributed by atoms with Crippen LogP contribution in [-0.4, -0.2) is 121 Å². The van der Waals surface area contributed by atoms with Crippen molar-refractivity contribution in [1.29, 1.82) is 0 Å². The van der Waals surface area contributed by atoms with Crippen LogP contribution in [0.3, 0.4) is 0 Å². The molecular formula is C50H68O19. The van der Waals surface area contributed by atoms with Crippen molar-refractivity contribution in [3.05, 3.63) is 23.3 Å². The van der Waals surface area contributed by atoms with Gasteiger partial charge in [0.1, 0.15) is 42.1 Å². The highest BCUT2D eigenvalue weighted by Gasteiger charge is 2.68. The third-order valence-electron chi connectivity index (χ3n) is 18.0. The number of carbonyl (C=O) groups excluding carboxylic acids is 8. The number of ketones is 2. The van der Waals surface area contributed by atoms with Crippen LogP contribution < -0.4 is 0 Å². The van der Waals surface area contributed by atoms with Gasteiger partial charge in [0.2, 0.25) is 0 Å². The van der Waals surface area contributed by atoms with Crippen LogP contribution in [0, 0.1) is 63.1 Å². The number of hydrogen-bond acceptors (Lipinski definition) is 19. The molecular weight excluding hydrogens is 905 g/mol. The minimum atomic E-state index is -0.825. The standard InChI is InChI=1S/C25H34O10.C25H34O9/c1-24-9-8-14(33-21(27)30-3)10-13(24)11-16(34-22(28)31-4)19-15-6-7-18(26)25(15,2)12-17(20(19)24)35-23(29)32-5;1-24-9-8-14(33-22(28)31-4)10-13(24)11-15(21(27)30-3)19-16-6-7-18(26)25(16,2)12-17(20(19)24)34-23(29)32-5/h11,14-17,19-20H,6-10,12H2,1-5H3;11,14-17,19-20H,6-10,12H2,1-5H3/t14-,15?,16-,17+,19?,20?,24-,25-;14-,15+,16?,17+,19?,20?,24-,25-/m00/s1. The summed E-state index contributed by atoms with van der Waals surface area (Å²) < 4.78 is 57.2. The van der Waals surface area contributed by atoms with Gasteiger partial charge in [-0.25, -0.2) is 24.0 Å². The SMILES string of the molecule is COC(=O)O[C@H]1CC[C@@]2(C)C(=C[C@@H](C(=O)OC)C3C2[C@H](OC(=O)OC)C[C@]2(C)C(=O)CCC32)C1.COC(=O)O[C@H]1CC[C@@]2(C)C(=C[C@H](OC(=O)OC)C3C2[C@H](OC(=O)OC)C[C@]2(C)C(=O)CCC32)C1. The summed E-state index contributed by atoms with van der Waals surface area (Å²) in [6.07, 6.45) is 3.75. The van der Waals surface area contributed by atoms with Gasteiger partial charge >= 0.3 is 36.7 Å². The van der Waals surface area contributed by atoms with E-state index in [2.05, 4.69) is 23.3 Å². The molecule has 16 atom stereocenters. The maximum atomic E-state index is 13.1. The van der Waals surface area contributed by atoms with Crippen molar-refractivity contribution in [3.8, 4) is 0 Å². The first-order valence-electron chi connectivity index (χ1n) is 24.0. The molecule has 0 amide bonds. The number of hydrogen-bond donors (Lipinski definition) is 0. The normalized spacial score (nSPS) is 40.1. The Bertz CT molecular complexity index is 2130. The van der Waals surface area contributed by atoms with Crippen LogP contribution in [0.15, 0.2) is 23.3 Å². The Labute approximate surface area is 402 Å². The van der Waals surface area contributed by atoms with Gasteiger partial charge in [-0.15, -0.1) is 0 Å². The van der Waals surface area contributed by atoms with Crippen molar-refractivity contribution in [3.63, 3.8) is 0 Å². The Hall–Kier alpha value is -5.36. The molecule has 0 aromatic rings. The zero-order chi connectivity index (χ0) is 50.4. The molecule has 8 aliphatic rings. The second-order valence-corrected chi connectivity index (χ2v) is 21.0. The molecule has 0 aromatic carbocycles. The van der Waals surface area contributed by atoms with Crippen LogP contribution in [-0.2, 0) is 66.5 Å². The summed E-state index contributed by atoms with van der Waals surface area (Å²) in [5, 5.41) is 0. The van der Waals surface area contributed by atoms with Crippen LogP contribution in [0.2, 0.25) is 0 Å². The van der Waals surface area contributed by atoms with E-state index in [4.69, 9.17) is 42.6 Å². The largest absolute Gasteiger partial charge is 0.508 e. The zero-order valence-corrected chi connectivity index (χ0v) is 41.3. The van der Waals surface area contributed by atoms with Crippen LogP contribution in [0.1, 0.15) is 105 Å². The maximum absolute atomic E-state index is 13.1. The zero-order valence-electron chi connectivity index (χ0n) is 41.3. The predicted octanol–water partition coefficient (Wildman–Crippen LogP) is 8.02. The van der Waals surface area contributed by atoms with E-state index in [1.54, 1.807) is 0 Å². The van der Waals surface area contributed by atoms with Crippen molar-refractivity contribution in [1.82, 2.24) is 0 Å². The quantitative estimate of drug-likeness (QED) is 0.139. The minimum Gasteiger partial charge on any atom is -0.469 e. The fourth-order valence-corrected chi connectivity index (χ4v) is 14.7. The third-order valence-corrected chi connectivity index (χ3v) is 18.0. The number of ether oxygens (including phenoxy) is 11. The molecule has 0 heterocycles. The number of fused-ring (bicyclic) bond motifs is 10. The molecule has 6 fully saturated rings. The second-order valence-electron chi connectivity index (χ2n) is 21.0. The van der Waals surface area contributed by atoms with E-state index in [1.807, 2.05) is 26.0 Å². The van der Waals surface area contributed by atoms with Crippen LogP contribution in [0.25, 0.3) is 0 Å². The summed E-state index contributed by atoms with van der Waals surface area (Å²) in [6.45, 7) is 8.11. The Morgan fingerprint density at radius 2 is 0.870 bits per heavy atom. The average molecular weight is 973 g/mol. The van der Waals surface area contributed by atoms with E-state index in [9.17, 15) is 38.4 Å². The highest BCUT2D eigenvalue weighted by atomic mass is 16.7. The van der Waals surface area contributed by atoms with Crippen molar-refractivity contribution < 1.29 is 90.5 Å². The van der Waals surface area contributed by atoms with Gasteiger partial charge in [0, 0.05) is 54.3 Å². The first-order chi connectivity index (χ1) is 32.6. The highest BCUT2D eigenvalue weighted by Crippen LogP contribution is 2.67. The Morgan fingerprint density at radius 1 is 0.478 bits per heavy atom. The smallest absolute Gasteiger partial charge is 0.469 e. The van der Waals surface area contributed by atoms with Crippen molar-refractivity contribution in [2.75, 3.05) is 42.7 Å². The van der Waals surface area contributed by atoms with E-state index in [0.29, 0.717) is 77.0 Å². The second kappa shape index (κ2) is 19.8. The lowest BCUT2D eigenvalue weighted by atomic mass is 9.45. The van der Waals surface area contributed by atoms with Gasteiger partial charge in [-0.2, -0.15) is 0 Å². The Morgan fingerprint density at radius 3 is 1.30 bits per heavy atom. The fraction of sp³-hybridized carbons (Fsp3) is 0.760. The Balaban J connectivity index is 0.000000204. The summed E-state index contributed by atoms with van der Waals surface area (Å²) in [6, 6.07) is 0. The predicted molar refractivity (Wildman–Crippen MR) is 237 cm³/mol. The van der Waals surface area contributed by atoms with E-state index in [0.717, 1.165) is 11.1 Å². The van der Waals surface area contributed by atoms with Crippen LogP contribution in [0.5, 0.6) is 0 Å². The topological polar surface area (TPSA) is 238 Å². The highest BCUT2D eigenvalue weighted by molar-refractivity contribution is 5.88. The molecule has 0 N–H and O–H groups in total.